The van der Waals surface area contributed by atoms with Crippen molar-refractivity contribution in [2.45, 2.75) is 13.5 Å². The minimum Gasteiger partial charge on any atom is -0.326 e. The van der Waals surface area contributed by atoms with Crippen LogP contribution in [-0.2, 0) is 6.54 Å². The Hall–Kier alpha value is -2.21. The van der Waals surface area contributed by atoms with Gasteiger partial charge in [-0.15, -0.1) is 0 Å². The molecule has 2 rings (SSSR count). The Labute approximate surface area is 97.8 Å². The summed E-state index contributed by atoms with van der Waals surface area (Å²) in [7, 11) is 0. The summed E-state index contributed by atoms with van der Waals surface area (Å²) >= 11 is 0. The molecule has 17 heavy (non-hydrogen) atoms. The quantitative estimate of drug-likeness (QED) is 0.642. The maximum Gasteiger partial charge on any atom is 0.269 e. The zero-order chi connectivity index (χ0) is 12.4. The van der Waals surface area contributed by atoms with Gasteiger partial charge in [-0.25, -0.2) is 4.68 Å². The summed E-state index contributed by atoms with van der Waals surface area (Å²) in [5.41, 5.74) is 8.23. The van der Waals surface area contributed by atoms with Gasteiger partial charge in [-0.1, -0.05) is 0 Å². The fraction of sp³-hybridized carbons (Fsp3) is 0.182. The maximum absolute atomic E-state index is 10.5. The number of nitro groups is 1. The highest BCUT2D eigenvalue weighted by atomic mass is 16.6. The van der Waals surface area contributed by atoms with Crippen LogP contribution in [0.15, 0.2) is 30.5 Å². The molecule has 1 aromatic heterocycles. The van der Waals surface area contributed by atoms with Crippen LogP contribution in [0.5, 0.6) is 0 Å². The average Bonchev–Trinajstić information content (AvgIpc) is 2.70. The van der Waals surface area contributed by atoms with Crippen molar-refractivity contribution in [2.24, 2.45) is 5.73 Å². The number of aryl methyl sites for hydroxylation is 1. The van der Waals surface area contributed by atoms with E-state index in [1.54, 1.807) is 16.8 Å². The molecule has 2 N–H and O–H groups in total. The van der Waals surface area contributed by atoms with Crippen molar-refractivity contribution >= 4 is 5.69 Å². The van der Waals surface area contributed by atoms with Crippen molar-refractivity contribution in [3.05, 3.63) is 51.8 Å². The summed E-state index contributed by atoms with van der Waals surface area (Å²) < 4.78 is 1.67. The zero-order valence-corrected chi connectivity index (χ0v) is 9.33. The molecule has 0 unspecified atom stereocenters. The molecule has 6 nitrogen and oxygen atoms in total. The number of nitrogens with zero attached hydrogens (tertiary/aromatic N) is 3. The molecule has 0 saturated carbocycles. The van der Waals surface area contributed by atoms with Crippen LogP contribution in [0.4, 0.5) is 5.69 Å². The summed E-state index contributed by atoms with van der Waals surface area (Å²) in [6, 6.07) is 6.22. The summed E-state index contributed by atoms with van der Waals surface area (Å²) in [5.74, 6) is 0. The van der Waals surface area contributed by atoms with Crippen molar-refractivity contribution in [1.29, 1.82) is 0 Å². The van der Waals surface area contributed by atoms with E-state index < -0.39 is 4.92 Å². The lowest BCUT2D eigenvalue weighted by molar-refractivity contribution is -0.384. The van der Waals surface area contributed by atoms with Gasteiger partial charge in [-0.05, 0) is 19.1 Å². The second-order valence-corrected chi connectivity index (χ2v) is 3.66. The molecular weight excluding hydrogens is 220 g/mol. The minimum atomic E-state index is -0.427. The third-order valence-corrected chi connectivity index (χ3v) is 2.55. The molecule has 0 saturated heterocycles. The molecule has 0 aliphatic carbocycles. The largest absolute Gasteiger partial charge is 0.326 e. The second-order valence-electron chi connectivity index (χ2n) is 3.66. The number of non-ortho nitro benzene ring substituents is 1. The van der Waals surface area contributed by atoms with Crippen molar-refractivity contribution in [2.75, 3.05) is 0 Å². The number of nitrogens with two attached hydrogens (primary N) is 1. The van der Waals surface area contributed by atoms with Gasteiger partial charge < -0.3 is 5.73 Å². The first kappa shape index (κ1) is 11.3. The van der Waals surface area contributed by atoms with Gasteiger partial charge in [0.2, 0.25) is 0 Å². The number of nitro benzene ring substituents is 1. The molecule has 0 amide bonds. The molecule has 0 fully saturated rings. The van der Waals surface area contributed by atoms with E-state index in [9.17, 15) is 10.1 Å². The number of benzene rings is 1. The monoisotopic (exact) mass is 232 g/mol. The minimum absolute atomic E-state index is 0.0664. The van der Waals surface area contributed by atoms with E-state index in [1.807, 2.05) is 13.1 Å². The Bertz CT molecular complexity index is 545. The van der Waals surface area contributed by atoms with Crippen LogP contribution in [0, 0.1) is 17.0 Å². The third-order valence-electron chi connectivity index (χ3n) is 2.55. The molecule has 1 heterocycles. The van der Waals surface area contributed by atoms with Gasteiger partial charge >= 0.3 is 0 Å². The molecule has 1 aromatic carbocycles. The van der Waals surface area contributed by atoms with Crippen LogP contribution in [-0.4, -0.2) is 14.7 Å². The smallest absolute Gasteiger partial charge is 0.269 e. The third kappa shape index (κ3) is 2.16. The van der Waals surface area contributed by atoms with E-state index in [0.717, 1.165) is 16.9 Å². The first-order chi connectivity index (χ1) is 8.11. The number of rotatable bonds is 3. The van der Waals surface area contributed by atoms with Crippen molar-refractivity contribution in [3.8, 4) is 5.69 Å². The van der Waals surface area contributed by atoms with Gasteiger partial charge in [0.25, 0.3) is 5.69 Å². The molecule has 0 radical (unpaired) electrons. The lowest BCUT2D eigenvalue weighted by atomic mass is 10.2. The van der Waals surface area contributed by atoms with Gasteiger partial charge in [-0.2, -0.15) is 5.10 Å². The summed E-state index contributed by atoms with van der Waals surface area (Å²) in [5, 5.41) is 14.8. The first-order valence-electron chi connectivity index (χ1n) is 5.12. The molecule has 0 aliphatic rings. The van der Waals surface area contributed by atoms with Crippen molar-refractivity contribution < 1.29 is 4.92 Å². The van der Waals surface area contributed by atoms with E-state index in [0.29, 0.717) is 6.54 Å². The molecule has 0 spiro atoms. The summed E-state index contributed by atoms with van der Waals surface area (Å²) in [4.78, 5) is 10.1. The molecule has 88 valence electrons. The standard InChI is InChI=1S/C11H12N4O2/c1-8-9(6-12)7-14(13-8)10-2-4-11(5-3-10)15(16)17/h2-5,7H,6,12H2,1H3. The second kappa shape index (κ2) is 4.34. The highest BCUT2D eigenvalue weighted by Crippen LogP contribution is 2.16. The van der Waals surface area contributed by atoms with Gasteiger partial charge in [0.05, 0.1) is 16.3 Å². The summed E-state index contributed by atoms with van der Waals surface area (Å²) in [6.45, 7) is 2.31. The Kier molecular flexibility index (Phi) is 2.88. The number of hydrogen-bond donors (Lipinski definition) is 1. The molecule has 0 atom stereocenters. The Morgan fingerprint density at radius 2 is 2.06 bits per heavy atom. The van der Waals surface area contributed by atoms with Gasteiger partial charge in [-0.3, -0.25) is 10.1 Å². The number of hydrogen-bond acceptors (Lipinski definition) is 4. The summed E-state index contributed by atoms with van der Waals surface area (Å²) in [6.07, 6.45) is 1.83. The van der Waals surface area contributed by atoms with Crippen molar-refractivity contribution in [3.63, 3.8) is 0 Å². The van der Waals surface area contributed by atoms with Crippen LogP contribution in [0.2, 0.25) is 0 Å². The van der Waals surface area contributed by atoms with Crippen LogP contribution < -0.4 is 5.73 Å². The lowest BCUT2D eigenvalue weighted by Crippen LogP contribution is -1.96. The first-order valence-corrected chi connectivity index (χ1v) is 5.12. The van der Waals surface area contributed by atoms with Gasteiger partial charge in [0.1, 0.15) is 0 Å². The van der Waals surface area contributed by atoms with E-state index in [-0.39, 0.29) is 5.69 Å². The maximum atomic E-state index is 10.5. The average molecular weight is 232 g/mol. The SMILES string of the molecule is Cc1nn(-c2ccc([N+](=O)[O-])cc2)cc1CN. The van der Waals surface area contributed by atoms with Crippen LogP contribution >= 0.6 is 0 Å². The highest BCUT2D eigenvalue weighted by molar-refractivity contribution is 5.41. The highest BCUT2D eigenvalue weighted by Gasteiger charge is 2.07. The molecule has 0 bridgehead atoms. The van der Waals surface area contributed by atoms with Gasteiger partial charge in [0.15, 0.2) is 0 Å². The van der Waals surface area contributed by atoms with Gasteiger partial charge in [0, 0.05) is 30.4 Å². The predicted octanol–water partition coefficient (Wildman–Crippen LogP) is 1.55. The fourth-order valence-corrected chi connectivity index (χ4v) is 1.56. The van der Waals surface area contributed by atoms with E-state index in [4.69, 9.17) is 5.73 Å². The fourth-order valence-electron chi connectivity index (χ4n) is 1.56. The Morgan fingerprint density at radius 1 is 1.41 bits per heavy atom. The molecule has 2 aromatic rings. The van der Waals surface area contributed by atoms with E-state index in [2.05, 4.69) is 5.10 Å². The molecular formula is C11H12N4O2. The number of aromatic nitrogens is 2. The Morgan fingerprint density at radius 3 is 2.53 bits per heavy atom. The normalized spacial score (nSPS) is 10.5. The van der Waals surface area contributed by atoms with E-state index in [1.165, 1.54) is 12.1 Å². The van der Waals surface area contributed by atoms with Crippen LogP contribution in [0.3, 0.4) is 0 Å². The Balaban J connectivity index is 2.36. The molecule has 0 aliphatic heterocycles. The molecule has 6 heteroatoms. The van der Waals surface area contributed by atoms with E-state index >= 15 is 0 Å². The van der Waals surface area contributed by atoms with Crippen LogP contribution in [0.25, 0.3) is 5.69 Å². The van der Waals surface area contributed by atoms with Crippen LogP contribution in [0.1, 0.15) is 11.3 Å². The topological polar surface area (TPSA) is 87.0 Å². The van der Waals surface area contributed by atoms with Crippen molar-refractivity contribution in [1.82, 2.24) is 9.78 Å². The zero-order valence-electron chi connectivity index (χ0n) is 9.33. The lowest BCUT2D eigenvalue weighted by Gasteiger charge is -1.99. The predicted molar refractivity (Wildman–Crippen MR) is 62.8 cm³/mol.